The van der Waals surface area contributed by atoms with Crippen LogP contribution in [0.3, 0.4) is 0 Å². The third-order valence-electron chi connectivity index (χ3n) is 2.98. The molecule has 2 heterocycles. The fourth-order valence-electron chi connectivity index (χ4n) is 1.66. The second kappa shape index (κ2) is 8.28. The summed E-state index contributed by atoms with van der Waals surface area (Å²) in [7, 11) is 0. The molecule has 0 aliphatic rings. The Hall–Kier alpha value is -2.42. The van der Waals surface area contributed by atoms with Gasteiger partial charge in [-0.05, 0) is 12.2 Å². The van der Waals surface area contributed by atoms with Crippen LogP contribution in [0.5, 0.6) is 0 Å². The van der Waals surface area contributed by atoms with Crippen LogP contribution in [-0.4, -0.2) is 50.4 Å². The van der Waals surface area contributed by atoms with Crippen molar-refractivity contribution < 1.29 is 9.90 Å². The molecule has 122 valence electrons. The quantitative estimate of drug-likeness (QED) is 0.622. The summed E-state index contributed by atoms with van der Waals surface area (Å²) in [6.07, 6.45) is 8.18. The molecule has 0 aromatic carbocycles. The molecule has 2 rings (SSSR count). The molecular formula is C14H18N6O2S. The van der Waals surface area contributed by atoms with E-state index in [2.05, 4.69) is 37.5 Å². The van der Waals surface area contributed by atoms with Crippen molar-refractivity contribution in [2.45, 2.75) is 11.8 Å². The maximum absolute atomic E-state index is 10.7. The Bertz CT molecular complexity index is 635. The first-order valence-corrected chi connectivity index (χ1v) is 8.20. The number of anilines is 2. The van der Waals surface area contributed by atoms with Crippen LogP contribution in [0.2, 0.25) is 0 Å². The van der Waals surface area contributed by atoms with Crippen molar-refractivity contribution in [3.8, 4) is 0 Å². The molecule has 0 bridgehead atoms. The topological polar surface area (TPSA) is 113 Å². The standard InChI is InChI=1S/C14H18N6O2S/c1-9(4-18-14-19-5-10(23-2)6-20-14)3-16-12-8-15-11(7-17-12)13(21)22/h5-9H,3-4H2,1-2H3,(H,16,17)(H,21,22)(H,18,19,20). The maximum Gasteiger partial charge on any atom is 0.356 e. The molecule has 0 aliphatic heterocycles. The summed E-state index contributed by atoms with van der Waals surface area (Å²) in [4.78, 5) is 28.0. The van der Waals surface area contributed by atoms with Gasteiger partial charge < -0.3 is 15.7 Å². The van der Waals surface area contributed by atoms with Crippen molar-refractivity contribution in [3.63, 3.8) is 0 Å². The number of hydrogen-bond acceptors (Lipinski definition) is 8. The third-order valence-corrected chi connectivity index (χ3v) is 3.66. The molecule has 1 unspecified atom stereocenters. The van der Waals surface area contributed by atoms with E-state index in [0.717, 1.165) is 4.90 Å². The highest BCUT2D eigenvalue weighted by atomic mass is 32.2. The molecule has 1 atom stereocenters. The Morgan fingerprint density at radius 2 is 1.83 bits per heavy atom. The highest BCUT2D eigenvalue weighted by Gasteiger charge is 2.07. The number of carboxylic acids is 1. The first kappa shape index (κ1) is 16.9. The second-order valence-electron chi connectivity index (χ2n) is 4.91. The van der Waals surface area contributed by atoms with Crippen molar-refractivity contribution in [2.24, 2.45) is 5.92 Å². The maximum atomic E-state index is 10.7. The van der Waals surface area contributed by atoms with Crippen LogP contribution in [0.25, 0.3) is 0 Å². The Morgan fingerprint density at radius 3 is 2.39 bits per heavy atom. The first-order valence-electron chi connectivity index (χ1n) is 6.97. The monoisotopic (exact) mass is 334 g/mol. The SMILES string of the molecule is CSc1cnc(NCC(C)CNc2cnc(C(=O)O)cn2)nc1. The number of hydrogen-bond donors (Lipinski definition) is 3. The van der Waals surface area contributed by atoms with Crippen LogP contribution >= 0.6 is 11.8 Å². The van der Waals surface area contributed by atoms with E-state index < -0.39 is 5.97 Å². The molecule has 0 saturated heterocycles. The lowest BCUT2D eigenvalue weighted by Gasteiger charge is -2.13. The van der Waals surface area contributed by atoms with Crippen LogP contribution in [0.15, 0.2) is 29.7 Å². The zero-order chi connectivity index (χ0) is 16.7. The molecule has 9 heteroatoms. The van der Waals surface area contributed by atoms with Gasteiger partial charge in [0.15, 0.2) is 5.69 Å². The fourth-order valence-corrected chi connectivity index (χ4v) is 1.98. The highest BCUT2D eigenvalue weighted by molar-refractivity contribution is 7.98. The molecule has 2 aromatic rings. The van der Waals surface area contributed by atoms with Crippen molar-refractivity contribution >= 4 is 29.5 Å². The number of thioether (sulfide) groups is 1. The zero-order valence-electron chi connectivity index (χ0n) is 12.9. The van der Waals surface area contributed by atoms with E-state index in [0.29, 0.717) is 30.8 Å². The van der Waals surface area contributed by atoms with Crippen LogP contribution in [-0.2, 0) is 0 Å². The average molecular weight is 334 g/mol. The third kappa shape index (κ3) is 5.37. The van der Waals surface area contributed by atoms with Gasteiger partial charge in [0.05, 0.1) is 12.4 Å². The number of nitrogens with zero attached hydrogens (tertiary/aromatic N) is 4. The summed E-state index contributed by atoms with van der Waals surface area (Å²) in [5.41, 5.74) is -0.0731. The molecule has 23 heavy (non-hydrogen) atoms. The van der Waals surface area contributed by atoms with Gasteiger partial charge in [0.2, 0.25) is 5.95 Å². The lowest BCUT2D eigenvalue weighted by atomic mass is 10.2. The van der Waals surface area contributed by atoms with Crippen LogP contribution in [0.1, 0.15) is 17.4 Å². The number of nitrogens with one attached hydrogen (secondary N) is 2. The summed E-state index contributed by atoms with van der Waals surface area (Å²) < 4.78 is 0. The molecule has 0 spiro atoms. The van der Waals surface area contributed by atoms with Crippen molar-refractivity contribution in [1.29, 1.82) is 0 Å². The summed E-state index contributed by atoms with van der Waals surface area (Å²) in [5, 5.41) is 15.0. The first-order chi connectivity index (χ1) is 11.1. The van der Waals surface area contributed by atoms with Crippen LogP contribution in [0.4, 0.5) is 11.8 Å². The summed E-state index contributed by atoms with van der Waals surface area (Å²) >= 11 is 1.60. The minimum Gasteiger partial charge on any atom is -0.476 e. The Morgan fingerprint density at radius 1 is 1.13 bits per heavy atom. The van der Waals surface area contributed by atoms with Gasteiger partial charge in [-0.2, -0.15) is 0 Å². The summed E-state index contributed by atoms with van der Waals surface area (Å²) in [6.45, 7) is 3.43. The summed E-state index contributed by atoms with van der Waals surface area (Å²) in [5.74, 6) is 0.344. The van der Waals surface area contributed by atoms with Crippen LogP contribution in [0, 0.1) is 5.92 Å². The molecule has 3 N–H and O–H groups in total. The minimum absolute atomic E-state index is 0.0731. The molecule has 0 fully saturated rings. The van der Waals surface area contributed by atoms with Crippen molar-refractivity contribution in [1.82, 2.24) is 19.9 Å². The second-order valence-corrected chi connectivity index (χ2v) is 5.79. The average Bonchev–Trinajstić information content (AvgIpc) is 2.59. The molecule has 0 aliphatic carbocycles. The number of carboxylic acid groups (broad SMARTS) is 1. The van der Waals surface area contributed by atoms with Crippen molar-refractivity contribution in [3.05, 3.63) is 30.5 Å². The highest BCUT2D eigenvalue weighted by Crippen LogP contribution is 2.12. The van der Waals surface area contributed by atoms with Gasteiger partial charge in [0.1, 0.15) is 5.82 Å². The predicted octanol–water partition coefficient (Wildman–Crippen LogP) is 1.85. The molecule has 0 saturated carbocycles. The molecule has 0 amide bonds. The fraction of sp³-hybridized carbons (Fsp3) is 0.357. The Kier molecular flexibility index (Phi) is 6.10. The molecule has 0 radical (unpaired) electrons. The van der Waals surface area contributed by atoms with Gasteiger partial charge in [-0.15, -0.1) is 11.8 Å². The van der Waals surface area contributed by atoms with Crippen LogP contribution < -0.4 is 10.6 Å². The normalized spacial score (nSPS) is 11.7. The van der Waals surface area contributed by atoms with Crippen molar-refractivity contribution in [2.75, 3.05) is 30.0 Å². The number of carbonyl (C=O) groups is 1. The van der Waals surface area contributed by atoms with E-state index in [1.165, 1.54) is 12.4 Å². The van der Waals surface area contributed by atoms with Gasteiger partial charge in [-0.1, -0.05) is 6.92 Å². The lowest BCUT2D eigenvalue weighted by Crippen LogP contribution is -2.21. The van der Waals surface area contributed by atoms with E-state index in [1.54, 1.807) is 24.2 Å². The van der Waals surface area contributed by atoms with Gasteiger partial charge in [0.25, 0.3) is 0 Å². The Labute approximate surface area is 138 Å². The molecule has 2 aromatic heterocycles. The largest absolute Gasteiger partial charge is 0.476 e. The van der Waals surface area contributed by atoms with Gasteiger partial charge in [-0.25, -0.2) is 24.7 Å². The van der Waals surface area contributed by atoms with E-state index >= 15 is 0 Å². The zero-order valence-corrected chi connectivity index (χ0v) is 13.7. The lowest BCUT2D eigenvalue weighted by molar-refractivity contribution is 0.0690. The molecule has 8 nitrogen and oxygen atoms in total. The number of aromatic carboxylic acids is 1. The summed E-state index contributed by atoms with van der Waals surface area (Å²) in [6, 6.07) is 0. The minimum atomic E-state index is -1.09. The Balaban J connectivity index is 1.75. The van der Waals surface area contributed by atoms with E-state index in [-0.39, 0.29) is 5.69 Å². The number of rotatable bonds is 8. The van der Waals surface area contributed by atoms with Gasteiger partial charge in [0, 0.05) is 30.4 Å². The van der Waals surface area contributed by atoms with E-state index in [4.69, 9.17) is 5.11 Å². The van der Waals surface area contributed by atoms with E-state index in [1.807, 2.05) is 6.26 Å². The van der Waals surface area contributed by atoms with E-state index in [9.17, 15) is 4.79 Å². The molecular weight excluding hydrogens is 316 g/mol. The predicted molar refractivity (Wildman–Crippen MR) is 88.9 cm³/mol. The number of aromatic nitrogens is 4. The van der Waals surface area contributed by atoms with Gasteiger partial charge in [-0.3, -0.25) is 0 Å². The smallest absolute Gasteiger partial charge is 0.356 e. The van der Waals surface area contributed by atoms with Gasteiger partial charge >= 0.3 is 5.97 Å².